The van der Waals surface area contributed by atoms with E-state index in [1.807, 2.05) is 53.6 Å². The van der Waals surface area contributed by atoms with Gasteiger partial charge in [-0.3, -0.25) is 9.59 Å². The number of hydrogen-bond acceptors (Lipinski definition) is 3. The van der Waals surface area contributed by atoms with Gasteiger partial charge in [0.05, 0.1) is 18.1 Å². The van der Waals surface area contributed by atoms with Crippen molar-refractivity contribution in [3.05, 3.63) is 54.4 Å². The molecule has 2 N–H and O–H groups in total. The Labute approximate surface area is 152 Å². The predicted octanol–water partition coefficient (Wildman–Crippen LogP) is 2.20. The molecule has 2 aromatic rings. The summed E-state index contributed by atoms with van der Waals surface area (Å²) in [6.07, 6.45) is 3.45. The van der Waals surface area contributed by atoms with E-state index in [9.17, 15) is 9.59 Å². The fourth-order valence-corrected chi connectivity index (χ4v) is 3.82. The van der Waals surface area contributed by atoms with Crippen LogP contribution in [-0.4, -0.2) is 47.0 Å². The van der Waals surface area contributed by atoms with Crippen LogP contribution < -0.4 is 5.32 Å². The number of morpholine rings is 1. The second kappa shape index (κ2) is 7.33. The van der Waals surface area contributed by atoms with E-state index in [-0.39, 0.29) is 29.9 Å². The van der Waals surface area contributed by atoms with Crippen LogP contribution in [0.3, 0.4) is 0 Å². The summed E-state index contributed by atoms with van der Waals surface area (Å²) in [6.45, 7) is 1.07. The first-order valence-corrected chi connectivity index (χ1v) is 9.10. The molecule has 1 aromatic heterocycles. The molecule has 2 fully saturated rings. The zero-order valence-electron chi connectivity index (χ0n) is 14.6. The molecule has 6 heteroatoms. The molecule has 3 heterocycles. The fraction of sp³-hybridized carbons (Fsp3) is 0.400. The van der Waals surface area contributed by atoms with Gasteiger partial charge in [0.1, 0.15) is 0 Å². The molecule has 26 heavy (non-hydrogen) atoms. The first-order valence-electron chi connectivity index (χ1n) is 9.10. The maximum Gasteiger partial charge on any atom is 0.230 e. The number of aromatic nitrogens is 1. The topological polar surface area (TPSA) is 74.4 Å². The highest BCUT2D eigenvalue weighted by atomic mass is 16.5. The molecule has 0 spiro atoms. The molecule has 136 valence electrons. The van der Waals surface area contributed by atoms with Gasteiger partial charge in [-0.2, -0.15) is 0 Å². The minimum absolute atomic E-state index is 0.0237. The molecule has 0 radical (unpaired) electrons. The Morgan fingerprint density at radius 2 is 2.00 bits per heavy atom. The van der Waals surface area contributed by atoms with Crippen LogP contribution in [0.1, 0.15) is 18.5 Å². The van der Waals surface area contributed by atoms with Gasteiger partial charge in [0.25, 0.3) is 0 Å². The molecule has 2 aliphatic heterocycles. The third-order valence-electron chi connectivity index (χ3n) is 5.16. The van der Waals surface area contributed by atoms with E-state index in [1.165, 1.54) is 0 Å². The number of rotatable bonds is 5. The standard InChI is InChI=1S/C20H23N3O3/c24-19(9-8-14-7-4-10-21-14)23-12-16-11-17(18(13-23)26-16)20(25)22-15-5-2-1-3-6-15/h1-7,10,16-18,21H,8-9,11-13H2,(H,22,25). The molecule has 6 nitrogen and oxygen atoms in total. The molecule has 4 rings (SSSR count). The second-order valence-electron chi connectivity index (χ2n) is 6.99. The summed E-state index contributed by atoms with van der Waals surface area (Å²) in [5, 5.41) is 2.96. The van der Waals surface area contributed by atoms with Gasteiger partial charge < -0.3 is 19.9 Å². The van der Waals surface area contributed by atoms with Crippen molar-refractivity contribution in [2.24, 2.45) is 5.92 Å². The number of amides is 2. The van der Waals surface area contributed by atoms with Crippen LogP contribution in [0.4, 0.5) is 5.69 Å². The summed E-state index contributed by atoms with van der Waals surface area (Å²) < 4.78 is 5.94. The molecule has 0 saturated carbocycles. The minimum Gasteiger partial charge on any atom is -0.370 e. The van der Waals surface area contributed by atoms with E-state index in [2.05, 4.69) is 10.3 Å². The van der Waals surface area contributed by atoms with E-state index in [0.29, 0.717) is 32.4 Å². The molecule has 2 bridgehead atoms. The van der Waals surface area contributed by atoms with Crippen LogP contribution in [0, 0.1) is 5.92 Å². The number of anilines is 1. The third-order valence-corrected chi connectivity index (χ3v) is 5.16. The van der Waals surface area contributed by atoms with E-state index in [0.717, 1.165) is 11.4 Å². The van der Waals surface area contributed by atoms with Crippen LogP contribution in [0.2, 0.25) is 0 Å². The first kappa shape index (κ1) is 16.8. The molecule has 3 atom stereocenters. The normalized spacial score (nSPS) is 24.5. The highest BCUT2D eigenvalue weighted by molar-refractivity contribution is 5.93. The molecule has 0 aliphatic carbocycles. The monoisotopic (exact) mass is 353 g/mol. The highest BCUT2D eigenvalue weighted by Crippen LogP contribution is 2.33. The zero-order valence-corrected chi connectivity index (χ0v) is 14.6. The van der Waals surface area contributed by atoms with Gasteiger partial charge in [0.15, 0.2) is 0 Å². The number of aryl methyl sites for hydroxylation is 1. The Hall–Kier alpha value is -2.60. The van der Waals surface area contributed by atoms with Crippen molar-refractivity contribution >= 4 is 17.5 Å². The number of aromatic amines is 1. The number of benzene rings is 1. The van der Waals surface area contributed by atoms with E-state index in [4.69, 9.17) is 4.74 Å². The summed E-state index contributed by atoms with van der Waals surface area (Å²) >= 11 is 0. The SMILES string of the molecule is O=C(Nc1ccccc1)C1CC2CN(C(=O)CCc3ccc[nH]3)CC1O2. The molecular weight excluding hydrogens is 330 g/mol. The van der Waals surface area contributed by atoms with Crippen molar-refractivity contribution in [3.8, 4) is 0 Å². The van der Waals surface area contributed by atoms with Crippen molar-refractivity contribution in [2.45, 2.75) is 31.5 Å². The number of nitrogens with one attached hydrogen (secondary N) is 2. The Morgan fingerprint density at radius 1 is 1.15 bits per heavy atom. The summed E-state index contributed by atoms with van der Waals surface area (Å²) in [5.74, 6) is -0.104. The molecule has 2 saturated heterocycles. The average Bonchev–Trinajstić information content (AvgIpc) is 3.28. The zero-order chi connectivity index (χ0) is 17.9. The van der Waals surface area contributed by atoms with Crippen molar-refractivity contribution in [2.75, 3.05) is 18.4 Å². The second-order valence-corrected chi connectivity index (χ2v) is 6.99. The first-order chi connectivity index (χ1) is 12.7. The lowest BCUT2D eigenvalue weighted by molar-refractivity contribution is -0.141. The number of nitrogens with zero attached hydrogens (tertiary/aromatic N) is 1. The van der Waals surface area contributed by atoms with Crippen molar-refractivity contribution in [3.63, 3.8) is 0 Å². The van der Waals surface area contributed by atoms with E-state index < -0.39 is 0 Å². The Morgan fingerprint density at radius 3 is 2.77 bits per heavy atom. The number of para-hydroxylation sites is 1. The molecule has 1 aromatic carbocycles. The molecule has 2 aliphatic rings. The summed E-state index contributed by atoms with van der Waals surface area (Å²) in [7, 11) is 0. The van der Waals surface area contributed by atoms with Crippen LogP contribution >= 0.6 is 0 Å². The Bertz CT molecular complexity index is 760. The maximum atomic E-state index is 12.6. The van der Waals surface area contributed by atoms with Crippen LogP contribution in [0.15, 0.2) is 48.7 Å². The third kappa shape index (κ3) is 3.65. The van der Waals surface area contributed by atoms with Crippen LogP contribution in [0.5, 0.6) is 0 Å². The lowest BCUT2D eigenvalue weighted by Gasteiger charge is -2.32. The number of hydrogen-bond donors (Lipinski definition) is 2. The van der Waals surface area contributed by atoms with Crippen LogP contribution in [-0.2, 0) is 20.7 Å². The largest absolute Gasteiger partial charge is 0.370 e. The number of fused-ring (bicyclic) bond motifs is 2. The van der Waals surface area contributed by atoms with E-state index in [1.54, 1.807) is 0 Å². The Balaban J connectivity index is 1.33. The molecule has 2 amide bonds. The van der Waals surface area contributed by atoms with E-state index >= 15 is 0 Å². The quantitative estimate of drug-likeness (QED) is 0.865. The van der Waals surface area contributed by atoms with Crippen molar-refractivity contribution in [1.29, 1.82) is 0 Å². The lowest BCUT2D eigenvalue weighted by atomic mass is 9.99. The van der Waals surface area contributed by atoms with Crippen LogP contribution in [0.25, 0.3) is 0 Å². The van der Waals surface area contributed by atoms with Gasteiger partial charge in [0.2, 0.25) is 11.8 Å². The predicted molar refractivity (Wildman–Crippen MR) is 97.5 cm³/mol. The number of H-pyrrole nitrogens is 1. The molecule has 3 unspecified atom stereocenters. The number of likely N-dealkylation sites (tertiary alicyclic amines) is 1. The summed E-state index contributed by atoms with van der Waals surface area (Å²) in [5.41, 5.74) is 1.85. The number of ether oxygens (including phenoxy) is 1. The fourth-order valence-electron chi connectivity index (χ4n) is 3.82. The van der Waals surface area contributed by atoms with Gasteiger partial charge >= 0.3 is 0 Å². The van der Waals surface area contributed by atoms with Gasteiger partial charge in [-0.15, -0.1) is 0 Å². The summed E-state index contributed by atoms with van der Waals surface area (Å²) in [6, 6.07) is 13.4. The van der Waals surface area contributed by atoms with Gasteiger partial charge in [-0.1, -0.05) is 18.2 Å². The van der Waals surface area contributed by atoms with Gasteiger partial charge in [0, 0.05) is 37.1 Å². The van der Waals surface area contributed by atoms with Gasteiger partial charge in [-0.05, 0) is 37.1 Å². The minimum atomic E-state index is -0.216. The highest BCUT2D eigenvalue weighted by Gasteiger charge is 2.45. The number of carbonyl (C=O) groups excluding carboxylic acids is 2. The molecular formula is C20H23N3O3. The summed E-state index contributed by atoms with van der Waals surface area (Å²) in [4.78, 5) is 30.1. The van der Waals surface area contributed by atoms with Gasteiger partial charge in [-0.25, -0.2) is 0 Å². The number of carbonyl (C=O) groups is 2. The smallest absolute Gasteiger partial charge is 0.230 e. The average molecular weight is 353 g/mol. The van der Waals surface area contributed by atoms with Crippen molar-refractivity contribution < 1.29 is 14.3 Å². The maximum absolute atomic E-state index is 12.6. The van der Waals surface area contributed by atoms with Crippen molar-refractivity contribution in [1.82, 2.24) is 9.88 Å². The lowest BCUT2D eigenvalue weighted by Crippen LogP contribution is -2.47. The Kier molecular flexibility index (Phi) is 4.75.